The van der Waals surface area contributed by atoms with E-state index in [1.54, 1.807) is 0 Å². The average Bonchev–Trinajstić information content (AvgIpc) is 2.41. The van der Waals surface area contributed by atoms with Gasteiger partial charge in [0.2, 0.25) is 0 Å². The van der Waals surface area contributed by atoms with Gasteiger partial charge in [-0.25, -0.2) is 8.78 Å². The van der Waals surface area contributed by atoms with Gasteiger partial charge in [0.1, 0.15) is 17.4 Å². The number of benzene rings is 2. The van der Waals surface area contributed by atoms with Gasteiger partial charge in [-0.05, 0) is 62.7 Å². The second-order valence-corrected chi connectivity index (χ2v) is 5.23. The van der Waals surface area contributed by atoms with Crippen molar-refractivity contribution < 1.29 is 13.5 Å². The molecular formula is C17H19F2NO. The Labute approximate surface area is 123 Å². The average molecular weight is 291 g/mol. The maximum Gasteiger partial charge on any atom is 0.128 e. The first-order valence-corrected chi connectivity index (χ1v) is 6.91. The minimum absolute atomic E-state index is 0.115. The van der Waals surface area contributed by atoms with Crippen LogP contribution in [-0.2, 0) is 6.54 Å². The van der Waals surface area contributed by atoms with Crippen molar-refractivity contribution in [3.63, 3.8) is 0 Å². The van der Waals surface area contributed by atoms with Crippen LogP contribution in [-0.4, -0.2) is 6.10 Å². The SMILES string of the molecule is Cc1cc(OC(C)C)ccc1NCc1cc(F)ccc1F. The van der Waals surface area contributed by atoms with E-state index in [-0.39, 0.29) is 12.6 Å². The summed E-state index contributed by atoms with van der Waals surface area (Å²) in [6.07, 6.45) is 0.115. The normalized spacial score (nSPS) is 10.8. The quantitative estimate of drug-likeness (QED) is 0.864. The summed E-state index contributed by atoms with van der Waals surface area (Å²) >= 11 is 0. The standard InChI is InChI=1S/C17H19F2NO/c1-11(2)21-15-5-7-17(12(3)8-15)20-10-13-9-14(18)4-6-16(13)19/h4-9,11,20H,10H2,1-3H3. The molecule has 0 radical (unpaired) electrons. The predicted molar refractivity (Wildman–Crippen MR) is 80.6 cm³/mol. The van der Waals surface area contributed by atoms with Gasteiger partial charge in [-0.2, -0.15) is 0 Å². The van der Waals surface area contributed by atoms with E-state index in [0.29, 0.717) is 5.56 Å². The molecule has 112 valence electrons. The molecule has 21 heavy (non-hydrogen) atoms. The largest absolute Gasteiger partial charge is 0.491 e. The van der Waals surface area contributed by atoms with Crippen molar-refractivity contribution in [1.29, 1.82) is 0 Å². The predicted octanol–water partition coefficient (Wildman–Crippen LogP) is 4.67. The van der Waals surface area contributed by atoms with Gasteiger partial charge in [-0.15, -0.1) is 0 Å². The highest BCUT2D eigenvalue weighted by atomic mass is 19.1. The Morgan fingerprint density at radius 2 is 1.86 bits per heavy atom. The topological polar surface area (TPSA) is 21.3 Å². The molecule has 2 aromatic rings. The lowest BCUT2D eigenvalue weighted by Gasteiger charge is -2.14. The highest BCUT2D eigenvalue weighted by Crippen LogP contribution is 2.23. The molecule has 0 spiro atoms. The zero-order valence-corrected chi connectivity index (χ0v) is 12.4. The molecule has 0 aliphatic rings. The molecule has 1 N–H and O–H groups in total. The molecule has 2 rings (SSSR count). The Balaban J connectivity index is 2.08. The molecule has 0 aromatic heterocycles. The van der Waals surface area contributed by atoms with E-state index in [1.807, 2.05) is 39.0 Å². The van der Waals surface area contributed by atoms with Gasteiger partial charge in [0.05, 0.1) is 6.10 Å². The summed E-state index contributed by atoms with van der Waals surface area (Å²) in [5.41, 5.74) is 2.16. The van der Waals surface area contributed by atoms with E-state index in [9.17, 15) is 8.78 Å². The Morgan fingerprint density at radius 3 is 2.52 bits per heavy atom. The monoisotopic (exact) mass is 291 g/mol. The number of hydrogen-bond donors (Lipinski definition) is 1. The van der Waals surface area contributed by atoms with E-state index in [0.717, 1.165) is 29.1 Å². The summed E-state index contributed by atoms with van der Waals surface area (Å²) in [5.74, 6) is -0.0584. The van der Waals surface area contributed by atoms with Crippen molar-refractivity contribution in [2.24, 2.45) is 0 Å². The highest BCUT2D eigenvalue weighted by molar-refractivity contribution is 5.53. The number of ether oxygens (including phenoxy) is 1. The number of aryl methyl sites for hydroxylation is 1. The van der Waals surface area contributed by atoms with Crippen LogP contribution in [0.15, 0.2) is 36.4 Å². The Hall–Kier alpha value is -2.10. The molecule has 0 saturated carbocycles. The molecule has 0 aliphatic heterocycles. The maximum absolute atomic E-state index is 13.6. The van der Waals surface area contributed by atoms with Crippen LogP contribution in [0.1, 0.15) is 25.0 Å². The number of rotatable bonds is 5. The molecule has 0 fully saturated rings. The Morgan fingerprint density at radius 1 is 1.10 bits per heavy atom. The number of halogens is 2. The van der Waals surface area contributed by atoms with Crippen molar-refractivity contribution in [1.82, 2.24) is 0 Å². The van der Waals surface area contributed by atoms with E-state index >= 15 is 0 Å². The van der Waals surface area contributed by atoms with Crippen LogP contribution in [0, 0.1) is 18.6 Å². The Kier molecular flexibility index (Phi) is 4.78. The van der Waals surface area contributed by atoms with Gasteiger partial charge in [0, 0.05) is 17.8 Å². The number of anilines is 1. The van der Waals surface area contributed by atoms with Crippen LogP contribution in [0.3, 0.4) is 0 Å². The lowest BCUT2D eigenvalue weighted by atomic mass is 10.1. The first-order chi connectivity index (χ1) is 9.95. The van der Waals surface area contributed by atoms with Crippen LogP contribution in [0.25, 0.3) is 0 Å². The molecule has 0 aliphatic carbocycles. The molecule has 0 amide bonds. The number of nitrogens with one attached hydrogen (secondary N) is 1. The third-order valence-corrected chi connectivity index (χ3v) is 3.05. The fourth-order valence-electron chi connectivity index (χ4n) is 2.05. The molecule has 0 heterocycles. The first-order valence-electron chi connectivity index (χ1n) is 6.91. The fraction of sp³-hybridized carbons (Fsp3) is 0.294. The molecule has 2 nitrogen and oxygen atoms in total. The zero-order chi connectivity index (χ0) is 15.4. The molecule has 0 atom stereocenters. The second kappa shape index (κ2) is 6.57. The molecule has 2 aromatic carbocycles. The summed E-state index contributed by atoms with van der Waals surface area (Å²) < 4.78 is 32.3. The second-order valence-electron chi connectivity index (χ2n) is 5.23. The van der Waals surface area contributed by atoms with Gasteiger partial charge >= 0.3 is 0 Å². The van der Waals surface area contributed by atoms with Crippen LogP contribution < -0.4 is 10.1 Å². The van der Waals surface area contributed by atoms with Gasteiger partial charge in [0.25, 0.3) is 0 Å². The lowest BCUT2D eigenvalue weighted by Crippen LogP contribution is -2.07. The fourth-order valence-corrected chi connectivity index (χ4v) is 2.05. The summed E-state index contributed by atoms with van der Waals surface area (Å²) in [5, 5.41) is 3.12. The van der Waals surface area contributed by atoms with Crippen LogP contribution >= 0.6 is 0 Å². The minimum Gasteiger partial charge on any atom is -0.491 e. The lowest BCUT2D eigenvalue weighted by molar-refractivity contribution is 0.242. The molecule has 4 heteroatoms. The Bertz CT molecular complexity index is 626. The number of hydrogen-bond acceptors (Lipinski definition) is 2. The van der Waals surface area contributed by atoms with Gasteiger partial charge in [0.15, 0.2) is 0 Å². The molecule has 0 unspecified atom stereocenters. The smallest absolute Gasteiger partial charge is 0.128 e. The van der Waals surface area contributed by atoms with Gasteiger partial charge < -0.3 is 10.1 Å². The third-order valence-electron chi connectivity index (χ3n) is 3.05. The summed E-state index contributed by atoms with van der Waals surface area (Å²) in [6.45, 7) is 6.11. The highest BCUT2D eigenvalue weighted by Gasteiger charge is 2.06. The van der Waals surface area contributed by atoms with Gasteiger partial charge in [-0.3, -0.25) is 0 Å². The van der Waals surface area contributed by atoms with Crippen LogP contribution in [0.5, 0.6) is 5.75 Å². The van der Waals surface area contributed by atoms with E-state index < -0.39 is 11.6 Å². The van der Waals surface area contributed by atoms with Crippen molar-refractivity contribution >= 4 is 5.69 Å². The van der Waals surface area contributed by atoms with Crippen molar-refractivity contribution in [3.05, 3.63) is 59.2 Å². The zero-order valence-electron chi connectivity index (χ0n) is 12.4. The minimum atomic E-state index is -0.439. The molecular weight excluding hydrogens is 272 g/mol. The van der Waals surface area contributed by atoms with Crippen LogP contribution in [0.4, 0.5) is 14.5 Å². The molecule has 0 bridgehead atoms. The van der Waals surface area contributed by atoms with Crippen molar-refractivity contribution in [2.75, 3.05) is 5.32 Å². The first kappa shape index (κ1) is 15.3. The summed E-state index contributed by atoms with van der Waals surface area (Å²) in [6, 6.07) is 9.11. The van der Waals surface area contributed by atoms with Crippen LogP contribution in [0.2, 0.25) is 0 Å². The van der Waals surface area contributed by atoms with E-state index in [4.69, 9.17) is 4.74 Å². The summed E-state index contributed by atoms with van der Waals surface area (Å²) in [7, 11) is 0. The van der Waals surface area contributed by atoms with E-state index in [1.165, 1.54) is 6.07 Å². The van der Waals surface area contributed by atoms with Gasteiger partial charge in [-0.1, -0.05) is 0 Å². The van der Waals surface area contributed by atoms with E-state index in [2.05, 4.69) is 5.32 Å². The third kappa shape index (κ3) is 4.18. The van der Waals surface area contributed by atoms with Crippen molar-refractivity contribution in [3.8, 4) is 5.75 Å². The van der Waals surface area contributed by atoms with Crippen molar-refractivity contribution in [2.45, 2.75) is 33.4 Å². The summed E-state index contributed by atoms with van der Waals surface area (Å²) in [4.78, 5) is 0. The maximum atomic E-state index is 13.6. The molecule has 0 saturated heterocycles.